The highest BCUT2D eigenvalue weighted by Gasteiger charge is 2.10. The second-order valence-corrected chi connectivity index (χ2v) is 5.91. The van der Waals surface area contributed by atoms with Crippen molar-refractivity contribution in [3.05, 3.63) is 64.7 Å². The van der Waals surface area contributed by atoms with E-state index in [2.05, 4.69) is 42.2 Å². The number of hydrogen-bond acceptors (Lipinski definition) is 3. The number of aryl methyl sites for hydroxylation is 1. The lowest BCUT2D eigenvalue weighted by Crippen LogP contribution is -2.13. The van der Waals surface area contributed by atoms with Crippen LogP contribution in [0.2, 0.25) is 0 Å². The molecule has 1 atom stereocenters. The van der Waals surface area contributed by atoms with Gasteiger partial charge in [0.25, 0.3) is 0 Å². The molecular weight excluding hydrogens is 252 g/mol. The zero-order valence-corrected chi connectivity index (χ0v) is 11.7. The molecule has 3 heteroatoms. The van der Waals surface area contributed by atoms with E-state index in [-0.39, 0.29) is 6.04 Å². The molecule has 0 aliphatic carbocycles. The number of aromatic nitrogens is 1. The Labute approximate surface area is 116 Å². The van der Waals surface area contributed by atoms with Crippen LogP contribution >= 0.6 is 11.3 Å². The third kappa shape index (κ3) is 2.67. The molecule has 0 radical (unpaired) electrons. The van der Waals surface area contributed by atoms with E-state index in [1.807, 2.05) is 18.2 Å². The number of para-hydroxylation sites is 1. The molecule has 1 heterocycles. The molecule has 96 valence electrons. The number of benzene rings is 2. The van der Waals surface area contributed by atoms with Crippen molar-refractivity contribution in [3.8, 4) is 0 Å². The van der Waals surface area contributed by atoms with Crippen LogP contribution in [0.4, 0.5) is 0 Å². The summed E-state index contributed by atoms with van der Waals surface area (Å²) < 4.78 is 1.23. The van der Waals surface area contributed by atoms with Crippen LogP contribution in [0.3, 0.4) is 0 Å². The lowest BCUT2D eigenvalue weighted by Gasteiger charge is -2.10. The Morgan fingerprint density at radius 3 is 2.58 bits per heavy atom. The monoisotopic (exact) mass is 268 g/mol. The van der Waals surface area contributed by atoms with Crippen molar-refractivity contribution in [3.63, 3.8) is 0 Å². The molecule has 2 aromatic carbocycles. The molecule has 0 saturated heterocycles. The van der Waals surface area contributed by atoms with Crippen LogP contribution in [0.1, 0.15) is 22.2 Å². The Kier molecular flexibility index (Phi) is 3.32. The highest BCUT2D eigenvalue weighted by atomic mass is 32.1. The molecule has 19 heavy (non-hydrogen) atoms. The van der Waals surface area contributed by atoms with E-state index in [9.17, 15) is 0 Å². The minimum absolute atomic E-state index is 0.0150. The van der Waals surface area contributed by atoms with Crippen molar-refractivity contribution >= 4 is 21.6 Å². The van der Waals surface area contributed by atoms with Gasteiger partial charge in [0.1, 0.15) is 0 Å². The van der Waals surface area contributed by atoms with E-state index in [1.54, 1.807) is 11.3 Å². The number of rotatable bonds is 3. The fraction of sp³-hybridized carbons (Fsp3) is 0.188. The minimum Gasteiger partial charge on any atom is -0.324 e. The van der Waals surface area contributed by atoms with E-state index in [0.717, 1.165) is 16.9 Å². The summed E-state index contributed by atoms with van der Waals surface area (Å²) >= 11 is 1.73. The molecule has 2 nitrogen and oxygen atoms in total. The van der Waals surface area contributed by atoms with Gasteiger partial charge >= 0.3 is 0 Å². The van der Waals surface area contributed by atoms with Gasteiger partial charge < -0.3 is 5.73 Å². The molecule has 0 fully saturated rings. The first kappa shape index (κ1) is 12.3. The second-order valence-electron chi connectivity index (χ2n) is 4.80. The molecule has 2 N–H and O–H groups in total. The lowest BCUT2D eigenvalue weighted by atomic mass is 10.0. The summed E-state index contributed by atoms with van der Waals surface area (Å²) in [5, 5.41) is 1.11. The number of fused-ring (bicyclic) bond motifs is 1. The van der Waals surface area contributed by atoms with Crippen LogP contribution in [0, 0.1) is 6.92 Å². The molecule has 0 bridgehead atoms. The van der Waals surface area contributed by atoms with Gasteiger partial charge in [-0.3, -0.25) is 0 Å². The maximum Gasteiger partial charge on any atom is 0.0957 e. The van der Waals surface area contributed by atoms with Crippen molar-refractivity contribution in [1.82, 2.24) is 4.98 Å². The fourth-order valence-corrected chi connectivity index (χ4v) is 3.15. The van der Waals surface area contributed by atoms with Crippen LogP contribution in [0.25, 0.3) is 10.2 Å². The first-order valence-corrected chi connectivity index (χ1v) is 7.20. The molecule has 0 aliphatic heterocycles. The third-order valence-electron chi connectivity index (χ3n) is 3.24. The van der Waals surface area contributed by atoms with E-state index >= 15 is 0 Å². The zero-order valence-electron chi connectivity index (χ0n) is 10.8. The smallest absolute Gasteiger partial charge is 0.0957 e. The Balaban J connectivity index is 1.82. The van der Waals surface area contributed by atoms with E-state index < -0.39 is 0 Å². The Morgan fingerprint density at radius 2 is 1.84 bits per heavy atom. The van der Waals surface area contributed by atoms with Crippen molar-refractivity contribution in [1.29, 1.82) is 0 Å². The molecule has 3 rings (SSSR count). The number of nitrogens with two attached hydrogens (primary N) is 1. The number of nitrogens with zero attached hydrogens (tertiary/aromatic N) is 1. The molecule has 3 aromatic rings. The summed E-state index contributed by atoms with van der Waals surface area (Å²) in [4.78, 5) is 4.63. The van der Waals surface area contributed by atoms with Gasteiger partial charge in [0.05, 0.1) is 15.2 Å². The van der Waals surface area contributed by atoms with Crippen LogP contribution in [-0.2, 0) is 6.42 Å². The topological polar surface area (TPSA) is 38.9 Å². The standard InChI is InChI=1S/C16H16N2S/c1-11-6-8-12(9-7-11)13(17)10-16-18-14-4-2-3-5-15(14)19-16/h2-9,13H,10,17H2,1H3. The van der Waals surface area contributed by atoms with Gasteiger partial charge in [-0.05, 0) is 24.6 Å². The lowest BCUT2D eigenvalue weighted by molar-refractivity contribution is 0.719. The minimum atomic E-state index is 0.0150. The normalized spacial score (nSPS) is 12.7. The number of thiazole rings is 1. The molecular formula is C16H16N2S. The SMILES string of the molecule is Cc1ccc(C(N)Cc2nc3ccccc3s2)cc1. The largest absolute Gasteiger partial charge is 0.324 e. The van der Waals surface area contributed by atoms with Gasteiger partial charge in [-0.1, -0.05) is 42.0 Å². The van der Waals surface area contributed by atoms with Gasteiger partial charge in [0.2, 0.25) is 0 Å². The maximum absolute atomic E-state index is 6.27. The number of hydrogen-bond donors (Lipinski definition) is 1. The maximum atomic E-state index is 6.27. The van der Waals surface area contributed by atoms with Crippen LogP contribution < -0.4 is 5.73 Å². The van der Waals surface area contributed by atoms with E-state index in [4.69, 9.17) is 5.73 Å². The fourth-order valence-electron chi connectivity index (χ4n) is 2.13. The second kappa shape index (κ2) is 5.11. The van der Waals surface area contributed by atoms with Gasteiger partial charge in [0, 0.05) is 12.5 Å². The Bertz CT molecular complexity index is 652. The average Bonchev–Trinajstić information content (AvgIpc) is 2.81. The van der Waals surface area contributed by atoms with Gasteiger partial charge in [-0.15, -0.1) is 11.3 Å². The van der Waals surface area contributed by atoms with Crippen LogP contribution in [0.5, 0.6) is 0 Å². The predicted molar refractivity (Wildman–Crippen MR) is 81.4 cm³/mol. The van der Waals surface area contributed by atoms with E-state index in [1.165, 1.54) is 15.8 Å². The van der Waals surface area contributed by atoms with Crippen molar-refractivity contribution in [2.45, 2.75) is 19.4 Å². The van der Waals surface area contributed by atoms with Crippen molar-refractivity contribution < 1.29 is 0 Å². The van der Waals surface area contributed by atoms with Crippen molar-refractivity contribution in [2.24, 2.45) is 5.73 Å². The summed E-state index contributed by atoms with van der Waals surface area (Å²) in [7, 11) is 0. The highest BCUT2D eigenvalue weighted by Crippen LogP contribution is 2.25. The zero-order chi connectivity index (χ0) is 13.2. The van der Waals surface area contributed by atoms with Crippen LogP contribution in [-0.4, -0.2) is 4.98 Å². The van der Waals surface area contributed by atoms with Gasteiger partial charge in [0.15, 0.2) is 0 Å². The molecule has 0 saturated carbocycles. The Morgan fingerprint density at radius 1 is 1.11 bits per heavy atom. The molecule has 1 aromatic heterocycles. The van der Waals surface area contributed by atoms with Crippen molar-refractivity contribution in [2.75, 3.05) is 0 Å². The summed E-state index contributed by atoms with van der Waals surface area (Å²) in [5.41, 5.74) is 9.77. The van der Waals surface area contributed by atoms with Gasteiger partial charge in [-0.25, -0.2) is 4.98 Å². The highest BCUT2D eigenvalue weighted by molar-refractivity contribution is 7.18. The first-order valence-electron chi connectivity index (χ1n) is 6.39. The predicted octanol–water partition coefficient (Wildman–Crippen LogP) is 3.85. The molecule has 0 spiro atoms. The molecule has 0 amide bonds. The summed E-state index contributed by atoms with van der Waals surface area (Å²) in [6, 6.07) is 16.7. The first-order chi connectivity index (χ1) is 9.22. The average molecular weight is 268 g/mol. The van der Waals surface area contributed by atoms with Gasteiger partial charge in [-0.2, -0.15) is 0 Å². The molecule has 0 aliphatic rings. The Hall–Kier alpha value is -1.71. The third-order valence-corrected chi connectivity index (χ3v) is 4.30. The summed E-state index contributed by atoms with van der Waals surface area (Å²) in [5.74, 6) is 0. The molecule has 1 unspecified atom stereocenters. The van der Waals surface area contributed by atoms with Crippen LogP contribution in [0.15, 0.2) is 48.5 Å². The summed E-state index contributed by atoms with van der Waals surface area (Å²) in [6.07, 6.45) is 0.794. The quantitative estimate of drug-likeness (QED) is 0.783. The summed E-state index contributed by atoms with van der Waals surface area (Å²) in [6.45, 7) is 2.09. The van der Waals surface area contributed by atoms with E-state index in [0.29, 0.717) is 0 Å².